The third-order valence-electron chi connectivity index (χ3n) is 2.59. The molecule has 0 fully saturated rings. The Bertz CT molecular complexity index is 377. The van der Waals surface area contributed by atoms with Crippen LogP contribution in [0.3, 0.4) is 0 Å². The highest BCUT2D eigenvalue weighted by Gasteiger charge is 2.18. The van der Waals surface area contributed by atoms with E-state index in [9.17, 15) is 10.0 Å². The maximum absolute atomic E-state index is 11.2. The number of rotatable bonds is 1. The molecule has 4 heteroatoms. The van der Waals surface area contributed by atoms with Crippen LogP contribution < -0.4 is 5.06 Å². The number of hydrogen-bond acceptors (Lipinski definition) is 3. The molecule has 1 unspecified atom stereocenters. The van der Waals surface area contributed by atoms with Gasteiger partial charge in [0.25, 0.3) is 0 Å². The lowest BCUT2D eigenvalue weighted by Crippen LogP contribution is -3.07. The van der Waals surface area contributed by atoms with Crippen molar-refractivity contribution >= 4 is 6.29 Å². The van der Waals surface area contributed by atoms with E-state index < -0.39 is 0 Å². The Kier molecular flexibility index (Phi) is 2.31. The number of aromatic nitrogens is 1. The Morgan fingerprint density at radius 1 is 1.64 bits per heavy atom. The van der Waals surface area contributed by atoms with Crippen LogP contribution >= 0.6 is 0 Å². The molecule has 14 heavy (non-hydrogen) atoms. The van der Waals surface area contributed by atoms with Gasteiger partial charge in [-0.25, -0.2) is 4.98 Å². The van der Waals surface area contributed by atoms with Gasteiger partial charge in [-0.3, -0.25) is 4.79 Å². The van der Waals surface area contributed by atoms with Gasteiger partial charge < -0.3 is 10.3 Å². The van der Waals surface area contributed by atoms with Gasteiger partial charge in [-0.05, 0) is 24.1 Å². The van der Waals surface area contributed by atoms with E-state index in [1.807, 2.05) is 6.92 Å². The molecule has 1 aliphatic rings. The zero-order chi connectivity index (χ0) is 10.1. The molecule has 0 saturated carbocycles. The van der Waals surface area contributed by atoms with Crippen molar-refractivity contribution in [1.29, 1.82) is 0 Å². The highest BCUT2D eigenvalue weighted by Crippen LogP contribution is 2.15. The van der Waals surface area contributed by atoms with Crippen molar-refractivity contribution in [2.45, 2.75) is 19.9 Å². The maximum atomic E-state index is 11.2. The standard InChI is InChI=1S/C10H12N2O2/c1-7-4-8(6-13)11-10-5-12(14)3-2-9(7)10/h4,6,12H,2-3,5H2,1H3. The first-order valence-electron chi connectivity index (χ1n) is 4.67. The Morgan fingerprint density at radius 3 is 3.14 bits per heavy atom. The molecule has 4 nitrogen and oxygen atoms in total. The predicted octanol–water partition coefficient (Wildman–Crippen LogP) is -0.359. The van der Waals surface area contributed by atoms with Gasteiger partial charge in [0.2, 0.25) is 0 Å². The second-order valence-electron chi connectivity index (χ2n) is 3.62. The largest absolute Gasteiger partial charge is 0.634 e. The van der Waals surface area contributed by atoms with Crippen LogP contribution in [0.1, 0.15) is 27.3 Å². The number of fused-ring (bicyclic) bond motifs is 1. The molecule has 1 aromatic heterocycles. The number of hydroxylamine groups is 2. The Morgan fingerprint density at radius 2 is 2.43 bits per heavy atom. The number of carbonyl (C=O) groups excluding carboxylic acids is 1. The lowest BCUT2D eigenvalue weighted by Gasteiger charge is -2.28. The number of quaternary nitrogens is 1. The van der Waals surface area contributed by atoms with Crippen molar-refractivity contribution in [3.05, 3.63) is 33.8 Å². The number of carbonyl (C=O) groups is 1. The van der Waals surface area contributed by atoms with Crippen LogP contribution in [0.25, 0.3) is 0 Å². The Labute approximate surface area is 82.1 Å². The van der Waals surface area contributed by atoms with E-state index in [0.717, 1.165) is 29.5 Å². The molecule has 1 aromatic rings. The smallest absolute Gasteiger partial charge is 0.168 e. The molecule has 0 amide bonds. The minimum atomic E-state index is 0.215. The van der Waals surface area contributed by atoms with E-state index in [1.54, 1.807) is 6.07 Å². The van der Waals surface area contributed by atoms with E-state index in [2.05, 4.69) is 4.98 Å². The molecule has 0 radical (unpaired) electrons. The van der Waals surface area contributed by atoms with Gasteiger partial charge in [0.05, 0.1) is 12.2 Å². The number of nitrogens with zero attached hydrogens (tertiary/aromatic N) is 1. The molecule has 2 rings (SSSR count). The highest BCUT2D eigenvalue weighted by atomic mass is 16.5. The molecular formula is C10H12N2O2. The second kappa shape index (κ2) is 3.48. The highest BCUT2D eigenvalue weighted by molar-refractivity contribution is 5.72. The summed E-state index contributed by atoms with van der Waals surface area (Å²) in [6, 6.07) is 1.78. The topological polar surface area (TPSA) is 57.5 Å². The van der Waals surface area contributed by atoms with Crippen LogP contribution in [-0.4, -0.2) is 17.8 Å². The molecule has 0 aromatic carbocycles. The van der Waals surface area contributed by atoms with Gasteiger partial charge >= 0.3 is 0 Å². The van der Waals surface area contributed by atoms with E-state index in [1.165, 1.54) is 0 Å². The van der Waals surface area contributed by atoms with Crippen LogP contribution in [0, 0.1) is 12.1 Å². The van der Waals surface area contributed by atoms with Crippen LogP contribution in [0.2, 0.25) is 0 Å². The third kappa shape index (κ3) is 1.54. The van der Waals surface area contributed by atoms with Gasteiger partial charge in [0, 0.05) is 6.42 Å². The number of pyridine rings is 1. The van der Waals surface area contributed by atoms with Crippen LogP contribution in [0.15, 0.2) is 6.07 Å². The zero-order valence-electron chi connectivity index (χ0n) is 8.04. The summed E-state index contributed by atoms with van der Waals surface area (Å²) < 4.78 is 0. The summed E-state index contributed by atoms with van der Waals surface area (Å²) in [5.74, 6) is 0. The molecule has 0 bridgehead atoms. The van der Waals surface area contributed by atoms with E-state index in [-0.39, 0.29) is 5.06 Å². The van der Waals surface area contributed by atoms with Gasteiger partial charge in [0.15, 0.2) is 6.29 Å². The van der Waals surface area contributed by atoms with Crippen molar-refractivity contribution in [3.8, 4) is 0 Å². The normalized spacial score (nSPS) is 20.3. The van der Waals surface area contributed by atoms with Crippen molar-refractivity contribution < 1.29 is 9.86 Å². The van der Waals surface area contributed by atoms with Gasteiger partial charge in [0.1, 0.15) is 12.2 Å². The molecule has 1 atom stereocenters. The van der Waals surface area contributed by atoms with Crippen LogP contribution in [0.4, 0.5) is 0 Å². The van der Waals surface area contributed by atoms with Crippen LogP contribution in [0.5, 0.6) is 0 Å². The molecule has 2 heterocycles. The first-order chi connectivity index (χ1) is 6.70. The minimum absolute atomic E-state index is 0.215. The molecule has 74 valence electrons. The fraction of sp³-hybridized carbons (Fsp3) is 0.400. The first kappa shape index (κ1) is 9.30. The van der Waals surface area contributed by atoms with Gasteiger partial charge in [-0.2, -0.15) is 0 Å². The second-order valence-corrected chi connectivity index (χ2v) is 3.62. The summed E-state index contributed by atoms with van der Waals surface area (Å²) in [6.45, 7) is 2.96. The van der Waals surface area contributed by atoms with Crippen molar-refractivity contribution in [3.63, 3.8) is 0 Å². The van der Waals surface area contributed by atoms with Crippen molar-refractivity contribution in [1.82, 2.24) is 4.98 Å². The van der Waals surface area contributed by atoms with E-state index in [0.29, 0.717) is 18.8 Å². The average Bonchev–Trinajstić information content (AvgIpc) is 2.16. The number of hydrogen-bond donors (Lipinski definition) is 1. The quantitative estimate of drug-likeness (QED) is 0.488. The monoisotopic (exact) mass is 192 g/mol. The summed E-state index contributed by atoms with van der Waals surface area (Å²) in [4.78, 5) is 14.7. The van der Waals surface area contributed by atoms with Crippen molar-refractivity contribution in [2.75, 3.05) is 6.54 Å². The summed E-state index contributed by atoms with van der Waals surface area (Å²) in [5.41, 5.74) is 3.44. The summed E-state index contributed by atoms with van der Waals surface area (Å²) in [6.07, 6.45) is 1.50. The SMILES string of the molecule is Cc1cc(C=O)nc2c1CC[NH+]([O-])C2. The summed E-state index contributed by atoms with van der Waals surface area (Å²) >= 11 is 0. The molecular weight excluding hydrogens is 180 g/mol. The van der Waals surface area contributed by atoms with E-state index >= 15 is 0 Å². The Hall–Kier alpha value is -1.26. The number of nitrogens with one attached hydrogen (secondary N) is 1. The summed E-state index contributed by atoms with van der Waals surface area (Å²) in [7, 11) is 0. The minimum Gasteiger partial charge on any atom is -0.634 e. The van der Waals surface area contributed by atoms with Crippen molar-refractivity contribution in [2.24, 2.45) is 0 Å². The van der Waals surface area contributed by atoms with E-state index in [4.69, 9.17) is 0 Å². The lowest BCUT2D eigenvalue weighted by molar-refractivity contribution is -0.865. The maximum Gasteiger partial charge on any atom is 0.168 e. The average molecular weight is 192 g/mol. The van der Waals surface area contributed by atoms with Gasteiger partial charge in [-0.15, -0.1) is 0 Å². The molecule has 0 saturated heterocycles. The zero-order valence-corrected chi connectivity index (χ0v) is 8.04. The van der Waals surface area contributed by atoms with Crippen LogP contribution in [-0.2, 0) is 13.0 Å². The fourth-order valence-electron chi connectivity index (χ4n) is 1.88. The predicted molar refractivity (Wildman–Crippen MR) is 51.0 cm³/mol. The summed E-state index contributed by atoms with van der Waals surface area (Å²) in [5, 5.41) is 11.4. The fourth-order valence-corrected chi connectivity index (χ4v) is 1.88. The molecule has 0 aliphatic carbocycles. The number of aldehydes is 1. The lowest BCUT2D eigenvalue weighted by atomic mass is 10.0. The number of aryl methyl sites for hydroxylation is 1. The molecule has 0 spiro atoms. The Balaban J connectivity index is 2.48. The molecule has 1 aliphatic heterocycles. The molecule has 1 N–H and O–H groups in total. The first-order valence-corrected chi connectivity index (χ1v) is 4.67. The van der Waals surface area contributed by atoms with Gasteiger partial charge in [-0.1, -0.05) is 0 Å². The third-order valence-corrected chi connectivity index (χ3v) is 2.59.